The first kappa shape index (κ1) is 16.2. The molecule has 1 aliphatic heterocycles. The Morgan fingerprint density at radius 2 is 2.00 bits per heavy atom. The highest BCUT2D eigenvalue weighted by molar-refractivity contribution is 5.82. The van der Waals surface area contributed by atoms with Crippen molar-refractivity contribution in [2.45, 2.75) is 58.3 Å². The molecule has 0 spiro atoms. The van der Waals surface area contributed by atoms with E-state index in [2.05, 4.69) is 0 Å². The first-order valence-electron chi connectivity index (χ1n) is 6.58. The van der Waals surface area contributed by atoms with Gasteiger partial charge in [0.15, 0.2) is 0 Å². The molecule has 1 heterocycles. The molecule has 0 aliphatic carbocycles. The molecule has 6 nitrogen and oxygen atoms in total. The zero-order valence-corrected chi connectivity index (χ0v) is 12.0. The van der Waals surface area contributed by atoms with E-state index in [0.29, 0.717) is 19.3 Å². The third kappa shape index (κ3) is 6.36. The number of hydrogen-bond donors (Lipinski definition) is 0. The second kappa shape index (κ2) is 7.67. The zero-order chi connectivity index (χ0) is 15.1. The lowest BCUT2D eigenvalue weighted by atomic mass is 10.0. The first-order valence-corrected chi connectivity index (χ1v) is 6.58. The van der Waals surface area contributed by atoms with E-state index in [1.165, 1.54) is 19.9 Å². The highest BCUT2D eigenvalue weighted by Gasteiger charge is 2.25. The summed E-state index contributed by atoms with van der Waals surface area (Å²) in [7, 11) is 0. The maximum atomic E-state index is 11.2. The van der Waals surface area contributed by atoms with E-state index >= 15 is 0 Å². The van der Waals surface area contributed by atoms with Gasteiger partial charge in [-0.3, -0.25) is 9.59 Å². The SMILES string of the molecule is CC(=O)O[C@H](C[C@H]1CC=CC(=O)O1)C[C@H](C)OC(C)=O. The molecule has 1 aliphatic rings. The molecule has 6 heteroatoms. The standard InChI is InChI=1S/C14H20O6/c1-9(18-10(2)15)7-13(19-11(3)16)8-12-5-4-6-14(17)20-12/h4,6,9,12-13H,5,7-8H2,1-3H3/t9-,12+,13-/m0/s1. The highest BCUT2D eigenvalue weighted by Crippen LogP contribution is 2.19. The number of rotatable bonds is 6. The van der Waals surface area contributed by atoms with Gasteiger partial charge in [-0.2, -0.15) is 0 Å². The van der Waals surface area contributed by atoms with Crippen LogP contribution in [0, 0.1) is 0 Å². The summed E-state index contributed by atoms with van der Waals surface area (Å²) in [6.45, 7) is 4.37. The van der Waals surface area contributed by atoms with Crippen molar-refractivity contribution in [2.24, 2.45) is 0 Å². The van der Waals surface area contributed by atoms with Gasteiger partial charge in [0.1, 0.15) is 18.3 Å². The van der Waals surface area contributed by atoms with Crippen molar-refractivity contribution in [1.29, 1.82) is 0 Å². The van der Waals surface area contributed by atoms with E-state index in [1.807, 2.05) is 0 Å². The number of cyclic esters (lactones) is 1. The predicted octanol–water partition coefficient (Wildman–Crippen LogP) is 1.52. The Hall–Kier alpha value is -1.85. The Balaban J connectivity index is 2.55. The van der Waals surface area contributed by atoms with Gasteiger partial charge >= 0.3 is 17.9 Å². The van der Waals surface area contributed by atoms with Crippen molar-refractivity contribution < 1.29 is 28.6 Å². The number of carbonyl (C=O) groups excluding carboxylic acids is 3. The van der Waals surface area contributed by atoms with Gasteiger partial charge in [0.2, 0.25) is 0 Å². The van der Waals surface area contributed by atoms with Crippen LogP contribution in [0.15, 0.2) is 12.2 Å². The summed E-state index contributed by atoms with van der Waals surface area (Å²) in [5, 5.41) is 0. The van der Waals surface area contributed by atoms with E-state index in [0.717, 1.165) is 0 Å². The van der Waals surface area contributed by atoms with E-state index in [1.54, 1.807) is 13.0 Å². The van der Waals surface area contributed by atoms with Crippen LogP contribution in [0.25, 0.3) is 0 Å². The molecule has 0 saturated carbocycles. The van der Waals surface area contributed by atoms with Crippen molar-refractivity contribution in [3.63, 3.8) is 0 Å². The smallest absolute Gasteiger partial charge is 0.330 e. The summed E-state index contributed by atoms with van der Waals surface area (Å²) in [5.74, 6) is -1.19. The molecule has 3 atom stereocenters. The zero-order valence-electron chi connectivity index (χ0n) is 12.0. The lowest BCUT2D eigenvalue weighted by Crippen LogP contribution is -2.31. The predicted molar refractivity (Wildman–Crippen MR) is 69.7 cm³/mol. The molecule has 20 heavy (non-hydrogen) atoms. The maximum absolute atomic E-state index is 11.2. The van der Waals surface area contributed by atoms with Gasteiger partial charge in [-0.1, -0.05) is 6.08 Å². The molecule has 0 N–H and O–H groups in total. The lowest BCUT2D eigenvalue weighted by Gasteiger charge is -2.25. The molecule has 0 bridgehead atoms. The van der Waals surface area contributed by atoms with Crippen LogP contribution in [-0.4, -0.2) is 36.2 Å². The fraction of sp³-hybridized carbons (Fsp3) is 0.643. The van der Waals surface area contributed by atoms with Crippen molar-refractivity contribution in [2.75, 3.05) is 0 Å². The largest absolute Gasteiger partial charge is 0.463 e. The minimum Gasteiger partial charge on any atom is -0.463 e. The highest BCUT2D eigenvalue weighted by atomic mass is 16.6. The number of hydrogen-bond acceptors (Lipinski definition) is 6. The van der Waals surface area contributed by atoms with Crippen LogP contribution in [0.2, 0.25) is 0 Å². The van der Waals surface area contributed by atoms with Crippen LogP contribution < -0.4 is 0 Å². The monoisotopic (exact) mass is 284 g/mol. The second-order valence-corrected chi connectivity index (χ2v) is 4.82. The number of esters is 3. The van der Waals surface area contributed by atoms with Crippen LogP contribution >= 0.6 is 0 Å². The van der Waals surface area contributed by atoms with Gasteiger partial charge in [0, 0.05) is 39.2 Å². The molecule has 0 radical (unpaired) electrons. The molecular weight excluding hydrogens is 264 g/mol. The average molecular weight is 284 g/mol. The third-order valence-corrected chi connectivity index (χ3v) is 2.76. The summed E-state index contributed by atoms with van der Waals surface area (Å²) < 4.78 is 15.4. The van der Waals surface area contributed by atoms with Gasteiger partial charge in [-0.05, 0) is 6.92 Å². The van der Waals surface area contributed by atoms with Crippen LogP contribution in [0.3, 0.4) is 0 Å². The van der Waals surface area contributed by atoms with Crippen molar-refractivity contribution in [3.05, 3.63) is 12.2 Å². The Bertz CT molecular complexity index is 400. The van der Waals surface area contributed by atoms with Gasteiger partial charge in [0.25, 0.3) is 0 Å². The van der Waals surface area contributed by atoms with Crippen LogP contribution in [0.5, 0.6) is 0 Å². The molecular formula is C14H20O6. The van der Waals surface area contributed by atoms with Crippen LogP contribution in [0.4, 0.5) is 0 Å². The minimum atomic E-state index is -0.453. The quantitative estimate of drug-likeness (QED) is 0.543. The molecule has 0 aromatic rings. The molecule has 0 aromatic carbocycles. The molecule has 1 rings (SSSR count). The summed E-state index contributed by atoms with van der Waals surface area (Å²) in [4.78, 5) is 33.2. The van der Waals surface area contributed by atoms with Gasteiger partial charge in [-0.15, -0.1) is 0 Å². The topological polar surface area (TPSA) is 78.9 Å². The van der Waals surface area contributed by atoms with Crippen molar-refractivity contribution >= 4 is 17.9 Å². The van der Waals surface area contributed by atoms with E-state index in [9.17, 15) is 14.4 Å². The Kier molecular flexibility index (Phi) is 6.21. The van der Waals surface area contributed by atoms with E-state index in [4.69, 9.17) is 14.2 Å². The van der Waals surface area contributed by atoms with Gasteiger partial charge in [0.05, 0.1) is 0 Å². The maximum Gasteiger partial charge on any atom is 0.330 e. The van der Waals surface area contributed by atoms with Crippen molar-refractivity contribution in [1.82, 2.24) is 0 Å². The molecule has 0 amide bonds. The van der Waals surface area contributed by atoms with Crippen LogP contribution in [0.1, 0.15) is 40.0 Å². The van der Waals surface area contributed by atoms with Gasteiger partial charge in [-0.25, -0.2) is 4.79 Å². The van der Waals surface area contributed by atoms with E-state index in [-0.39, 0.29) is 18.2 Å². The Morgan fingerprint density at radius 1 is 1.35 bits per heavy atom. The summed E-state index contributed by atoms with van der Waals surface area (Å²) >= 11 is 0. The molecule has 0 fully saturated rings. The van der Waals surface area contributed by atoms with Crippen LogP contribution in [-0.2, 0) is 28.6 Å². The van der Waals surface area contributed by atoms with Gasteiger partial charge < -0.3 is 14.2 Å². The molecule has 0 unspecified atom stereocenters. The molecule has 0 aromatic heterocycles. The first-order chi connectivity index (χ1) is 9.36. The molecule has 112 valence electrons. The van der Waals surface area contributed by atoms with Crippen molar-refractivity contribution in [3.8, 4) is 0 Å². The fourth-order valence-corrected chi connectivity index (χ4v) is 2.13. The Morgan fingerprint density at radius 3 is 2.55 bits per heavy atom. The number of ether oxygens (including phenoxy) is 3. The average Bonchev–Trinajstić information content (AvgIpc) is 2.26. The summed E-state index contributed by atoms with van der Waals surface area (Å²) in [5.41, 5.74) is 0. The fourth-order valence-electron chi connectivity index (χ4n) is 2.13. The summed E-state index contributed by atoms with van der Waals surface area (Å²) in [6, 6.07) is 0. The normalized spacial score (nSPS) is 20.8. The summed E-state index contributed by atoms with van der Waals surface area (Å²) in [6.07, 6.45) is 3.32. The molecule has 0 saturated heterocycles. The minimum absolute atomic E-state index is 0.318. The third-order valence-electron chi connectivity index (χ3n) is 2.76. The lowest BCUT2D eigenvalue weighted by molar-refractivity contribution is -0.155. The Labute approximate surface area is 118 Å². The number of carbonyl (C=O) groups is 3. The second-order valence-electron chi connectivity index (χ2n) is 4.82. The van der Waals surface area contributed by atoms with E-state index < -0.39 is 18.0 Å².